The maximum absolute atomic E-state index is 5.72. The molecule has 0 aromatic carbocycles. The molecule has 2 atom stereocenters. The highest BCUT2D eigenvalue weighted by Crippen LogP contribution is 2.19. The number of aryl methyl sites for hydroxylation is 1. The van der Waals surface area contributed by atoms with Crippen molar-refractivity contribution in [3.05, 3.63) is 23.4 Å². The number of rotatable bonds is 2. The van der Waals surface area contributed by atoms with E-state index in [-0.39, 0.29) is 12.2 Å². The number of anilines is 1. The van der Waals surface area contributed by atoms with Gasteiger partial charge in [0.15, 0.2) is 0 Å². The Morgan fingerprint density at radius 3 is 2.53 bits per heavy atom. The molecule has 0 aliphatic carbocycles. The van der Waals surface area contributed by atoms with Gasteiger partial charge in [-0.1, -0.05) is 6.07 Å². The largest absolute Gasteiger partial charge is 0.372 e. The zero-order valence-corrected chi connectivity index (χ0v) is 10.8. The fourth-order valence-corrected chi connectivity index (χ4v) is 2.33. The molecule has 1 saturated heterocycles. The van der Waals surface area contributed by atoms with Crippen LogP contribution in [0.5, 0.6) is 0 Å². The zero-order chi connectivity index (χ0) is 12.4. The summed E-state index contributed by atoms with van der Waals surface area (Å²) in [5.74, 6) is 1.03. The van der Waals surface area contributed by atoms with Crippen LogP contribution in [-0.4, -0.2) is 30.3 Å². The Kier molecular flexibility index (Phi) is 3.64. The van der Waals surface area contributed by atoms with Gasteiger partial charge in [0.05, 0.1) is 12.2 Å². The van der Waals surface area contributed by atoms with Gasteiger partial charge < -0.3 is 15.4 Å². The predicted molar refractivity (Wildman–Crippen MR) is 69.1 cm³/mol. The van der Waals surface area contributed by atoms with E-state index in [1.54, 1.807) is 0 Å². The molecular formula is C13H21N3O. The molecule has 1 aliphatic rings. The van der Waals surface area contributed by atoms with Gasteiger partial charge in [0.25, 0.3) is 0 Å². The van der Waals surface area contributed by atoms with Crippen LogP contribution in [0.3, 0.4) is 0 Å². The monoisotopic (exact) mass is 235 g/mol. The smallest absolute Gasteiger partial charge is 0.128 e. The van der Waals surface area contributed by atoms with Crippen LogP contribution in [0.15, 0.2) is 12.1 Å². The number of hydrogen-bond donors (Lipinski definition) is 1. The molecule has 0 saturated carbocycles. The van der Waals surface area contributed by atoms with Crippen molar-refractivity contribution in [2.75, 3.05) is 18.0 Å². The first-order valence-corrected chi connectivity index (χ1v) is 6.17. The molecule has 4 heteroatoms. The van der Waals surface area contributed by atoms with Gasteiger partial charge in [0.2, 0.25) is 0 Å². The van der Waals surface area contributed by atoms with Crippen molar-refractivity contribution in [3.8, 4) is 0 Å². The van der Waals surface area contributed by atoms with E-state index in [0.29, 0.717) is 6.54 Å². The first-order valence-electron chi connectivity index (χ1n) is 6.17. The van der Waals surface area contributed by atoms with E-state index in [0.717, 1.165) is 30.2 Å². The molecule has 0 bridgehead atoms. The van der Waals surface area contributed by atoms with Gasteiger partial charge in [-0.3, -0.25) is 0 Å². The van der Waals surface area contributed by atoms with Crippen molar-refractivity contribution < 1.29 is 4.74 Å². The Bertz CT molecular complexity index is 384. The second-order valence-electron chi connectivity index (χ2n) is 4.78. The molecular weight excluding hydrogens is 214 g/mol. The second kappa shape index (κ2) is 5.02. The van der Waals surface area contributed by atoms with Crippen molar-refractivity contribution in [3.63, 3.8) is 0 Å². The molecule has 0 spiro atoms. The van der Waals surface area contributed by atoms with Crippen LogP contribution < -0.4 is 10.6 Å². The molecule has 94 valence electrons. The highest BCUT2D eigenvalue weighted by atomic mass is 16.5. The third kappa shape index (κ3) is 2.76. The van der Waals surface area contributed by atoms with E-state index >= 15 is 0 Å². The van der Waals surface area contributed by atoms with E-state index < -0.39 is 0 Å². The molecule has 1 aromatic heterocycles. The Morgan fingerprint density at radius 2 is 2.00 bits per heavy atom. The molecule has 0 amide bonds. The molecule has 0 unspecified atom stereocenters. The van der Waals surface area contributed by atoms with Gasteiger partial charge in [0.1, 0.15) is 5.82 Å². The number of pyridine rings is 1. The third-order valence-electron chi connectivity index (χ3n) is 3.14. The zero-order valence-electron chi connectivity index (χ0n) is 10.8. The number of nitrogens with two attached hydrogens (primary N) is 1. The lowest BCUT2D eigenvalue weighted by Gasteiger charge is -2.36. The molecule has 0 radical (unpaired) electrons. The van der Waals surface area contributed by atoms with Crippen LogP contribution >= 0.6 is 0 Å². The summed E-state index contributed by atoms with van der Waals surface area (Å²) in [6.45, 7) is 8.57. The van der Waals surface area contributed by atoms with Crippen LogP contribution in [-0.2, 0) is 11.3 Å². The number of ether oxygens (including phenoxy) is 1. The first-order chi connectivity index (χ1) is 8.10. The summed E-state index contributed by atoms with van der Waals surface area (Å²) in [7, 11) is 0. The van der Waals surface area contributed by atoms with Crippen molar-refractivity contribution in [1.82, 2.24) is 4.98 Å². The van der Waals surface area contributed by atoms with Crippen LogP contribution in [0, 0.1) is 6.92 Å². The fourth-order valence-electron chi connectivity index (χ4n) is 2.33. The van der Waals surface area contributed by atoms with Gasteiger partial charge in [-0.15, -0.1) is 0 Å². The SMILES string of the molecule is Cc1nc(N2C[C@@H](C)O[C@@H](C)C2)ccc1CN. The Hall–Kier alpha value is -1.13. The van der Waals surface area contributed by atoms with E-state index in [2.05, 4.69) is 35.9 Å². The predicted octanol–water partition coefficient (Wildman–Crippen LogP) is 1.46. The standard InChI is InChI=1S/C13H21N3O/c1-9-7-16(8-10(2)17-9)13-5-4-12(6-14)11(3)15-13/h4-5,9-10H,6-8,14H2,1-3H3/t9-,10+. The van der Waals surface area contributed by atoms with Crippen molar-refractivity contribution >= 4 is 5.82 Å². The normalized spacial score (nSPS) is 25.1. The molecule has 2 heterocycles. The number of aromatic nitrogens is 1. The first kappa shape index (κ1) is 12.3. The summed E-state index contributed by atoms with van der Waals surface area (Å²) in [5, 5.41) is 0. The molecule has 4 nitrogen and oxygen atoms in total. The van der Waals surface area contributed by atoms with Crippen LogP contribution in [0.4, 0.5) is 5.82 Å². The Balaban J connectivity index is 2.19. The lowest BCUT2D eigenvalue weighted by atomic mass is 10.2. The Labute approximate surface area is 103 Å². The highest BCUT2D eigenvalue weighted by molar-refractivity contribution is 5.42. The molecule has 17 heavy (non-hydrogen) atoms. The quantitative estimate of drug-likeness (QED) is 0.843. The summed E-state index contributed by atoms with van der Waals surface area (Å²) in [6.07, 6.45) is 0.519. The lowest BCUT2D eigenvalue weighted by Crippen LogP contribution is -2.45. The van der Waals surface area contributed by atoms with E-state index in [1.807, 2.05) is 6.92 Å². The summed E-state index contributed by atoms with van der Waals surface area (Å²) in [5.41, 5.74) is 7.79. The summed E-state index contributed by atoms with van der Waals surface area (Å²) in [6, 6.07) is 4.13. The van der Waals surface area contributed by atoms with Gasteiger partial charge in [0, 0.05) is 25.3 Å². The maximum Gasteiger partial charge on any atom is 0.128 e. The van der Waals surface area contributed by atoms with Gasteiger partial charge >= 0.3 is 0 Å². The topological polar surface area (TPSA) is 51.4 Å². The third-order valence-corrected chi connectivity index (χ3v) is 3.14. The van der Waals surface area contributed by atoms with Crippen LogP contribution in [0.1, 0.15) is 25.1 Å². The lowest BCUT2D eigenvalue weighted by molar-refractivity contribution is -0.00546. The maximum atomic E-state index is 5.72. The number of morpholine rings is 1. The van der Waals surface area contributed by atoms with Crippen molar-refractivity contribution in [2.24, 2.45) is 5.73 Å². The average Bonchev–Trinajstić information content (AvgIpc) is 2.27. The molecule has 1 aliphatic heterocycles. The van der Waals surface area contributed by atoms with Crippen LogP contribution in [0.2, 0.25) is 0 Å². The van der Waals surface area contributed by atoms with Crippen LogP contribution in [0.25, 0.3) is 0 Å². The number of hydrogen-bond acceptors (Lipinski definition) is 4. The minimum absolute atomic E-state index is 0.259. The second-order valence-corrected chi connectivity index (χ2v) is 4.78. The van der Waals surface area contributed by atoms with E-state index in [4.69, 9.17) is 10.5 Å². The van der Waals surface area contributed by atoms with E-state index in [9.17, 15) is 0 Å². The summed E-state index contributed by atoms with van der Waals surface area (Å²) < 4.78 is 5.72. The highest BCUT2D eigenvalue weighted by Gasteiger charge is 2.23. The summed E-state index contributed by atoms with van der Waals surface area (Å²) >= 11 is 0. The molecule has 1 fully saturated rings. The van der Waals surface area contributed by atoms with Gasteiger partial charge in [-0.2, -0.15) is 0 Å². The minimum atomic E-state index is 0.259. The average molecular weight is 235 g/mol. The van der Waals surface area contributed by atoms with Gasteiger partial charge in [-0.05, 0) is 32.4 Å². The summed E-state index contributed by atoms with van der Waals surface area (Å²) in [4.78, 5) is 6.91. The molecule has 2 rings (SSSR count). The minimum Gasteiger partial charge on any atom is -0.372 e. The van der Waals surface area contributed by atoms with Gasteiger partial charge in [-0.25, -0.2) is 4.98 Å². The molecule has 1 aromatic rings. The Morgan fingerprint density at radius 1 is 1.35 bits per heavy atom. The van der Waals surface area contributed by atoms with Crippen molar-refractivity contribution in [1.29, 1.82) is 0 Å². The van der Waals surface area contributed by atoms with Crippen molar-refractivity contribution in [2.45, 2.75) is 39.5 Å². The van der Waals surface area contributed by atoms with E-state index in [1.165, 1.54) is 0 Å². The fraction of sp³-hybridized carbons (Fsp3) is 0.615. The molecule has 2 N–H and O–H groups in total. The number of nitrogens with zero attached hydrogens (tertiary/aromatic N) is 2.